The van der Waals surface area contributed by atoms with Crippen LogP contribution >= 0.6 is 11.6 Å². The molecule has 0 saturated heterocycles. The van der Waals surface area contributed by atoms with Crippen molar-refractivity contribution in [2.24, 2.45) is 0 Å². The van der Waals surface area contributed by atoms with Crippen LogP contribution in [0.5, 0.6) is 0 Å². The highest BCUT2D eigenvalue weighted by Crippen LogP contribution is 2.20. The molecule has 3 rings (SSSR count). The molecule has 0 radical (unpaired) electrons. The van der Waals surface area contributed by atoms with Crippen LogP contribution in [-0.2, 0) is 11.2 Å². The van der Waals surface area contributed by atoms with Crippen LogP contribution in [0.15, 0.2) is 59.0 Å². The van der Waals surface area contributed by atoms with Gasteiger partial charge in [0.1, 0.15) is 0 Å². The van der Waals surface area contributed by atoms with Crippen LogP contribution in [0, 0.1) is 0 Å². The molecule has 0 saturated carbocycles. The van der Waals surface area contributed by atoms with Gasteiger partial charge in [-0.3, -0.25) is 4.79 Å². The lowest BCUT2D eigenvalue weighted by atomic mass is 10.2. The second-order valence-electron chi connectivity index (χ2n) is 4.92. The Labute approximate surface area is 138 Å². The number of amides is 1. The average molecular weight is 328 g/mol. The standard InChI is InChI=1S/C17H14ClN3O2/c18-13-8-6-12(7-9-13)17-21-20-16(23-17)11-10-15(22)19-14-4-2-1-3-5-14/h1-9H,10-11H2,(H,19,22). The van der Waals surface area contributed by atoms with E-state index in [0.717, 1.165) is 11.3 Å². The number of nitrogens with one attached hydrogen (secondary N) is 1. The van der Waals surface area contributed by atoms with Gasteiger partial charge in [0.15, 0.2) is 0 Å². The summed E-state index contributed by atoms with van der Waals surface area (Å²) in [4.78, 5) is 11.9. The van der Waals surface area contributed by atoms with Crippen LogP contribution in [-0.4, -0.2) is 16.1 Å². The van der Waals surface area contributed by atoms with E-state index in [1.807, 2.05) is 42.5 Å². The van der Waals surface area contributed by atoms with Crippen molar-refractivity contribution >= 4 is 23.2 Å². The number of aryl methyl sites for hydroxylation is 1. The van der Waals surface area contributed by atoms with Gasteiger partial charge in [0.25, 0.3) is 0 Å². The molecule has 0 aliphatic heterocycles. The predicted octanol–water partition coefficient (Wildman–Crippen LogP) is 3.96. The minimum absolute atomic E-state index is 0.0950. The minimum Gasteiger partial charge on any atom is -0.421 e. The van der Waals surface area contributed by atoms with Crippen molar-refractivity contribution in [2.75, 3.05) is 5.32 Å². The minimum atomic E-state index is -0.0950. The quantitative estimate of drug-likeness (QED) is 0.770. The number of carbonyl (C=O) groups is 1. The van der Waals surface area contributed by atoms with Gasteiger partial charge in [-0.15, -0.1) is 10.2 Å². The van der Waals surface area contributed by atoms with Crippen LogP contribution in [0.3, 0.4) is 0 Å². The highest BCUT2D eigenvalue weighted by molar-refractivity contribution is 6.30. The van der Waals surface area contributed by atoms with Crippen LogP contribution in [0.25, 0.3) is 11.5 Å². The second-order valence-corrected chi connectivity index (χ2v) is 5.36. The Balaban J connectivity index is 1.57. The second kappa shape index (κ2) is 7.07. The molecule has 1 aromatic heterocycles. The maximum atomic E-state index is 11.9. The van der Waals surface area contributed by atoms with Gasteiger partial charge in [0.05, 0.1) is 0 Å². The number of halogens is 1. The summed E-state index contributed by atoms with van der Waals surface area (Å²) in [6.07, 6.45) is 0.663. The van der Waals surface area contributed by atoms with E-state index < -0.39 is 0 Å². The molecule has 2 aromatic carbocycles. The number of nitrogens with zero attached hydrogens (tertiary/aromatic N) is 2. The summed E-state index contributed by atoms with van der Waals surface area (Å²) in [5.74, 6) is 0.751. The molecule has 1 amide bonds. The first kappa shape index (κ1) is 15.2. The molecule has 0 aliphatic carbocycles. The van der Waals surface area contributed by atoms with Crippen molar-refractivity contribution in [1.82, 2.24) is 10.2 Å². The lowest BCUT2D eigenvalue weighted by Crippen LogP contribution is -2.12. The van der Waals surface area contributed by atoms with Gasteiger partial charge in [-0.1, -0.05) is 29.8 Å². The lowest BCUT2D eigenvalue weighted by molar-refractivity contribution is -0.116. The van der Waals surface area contributed by atoms with E-state index in [-0.39, 0.29) is 12.3 Å². The van der Waals surface area contributed by atoms with Gasteiger partial charge in [0, 0.05) is 29.1 Å². The molecule has 1 heterocycles. The van der Waals surface area contributed by atoms with Crippen molar-refractivity contribution in [3.63, 3.8) is 0 Å². The van der Waals surface area contributed by atoms with Crippen LogP contribution in [0.2, 0.25) is 5.02 Å². The Morgan fingerprint density at radius 3 is 2.52 bits per heavy atom. The summed E-state index contributed by atoms with van der Waals surface area (Å²) < 4.78 is 5.56. The van der Waals surface area contributed by atoms with E-state index in [4.69, 9.17) is 16.0 Å². The lowest BCUT2D eigenvalue weighted by Gasteiger charge is -2.03. The molecule has 0 spiro atoms. The Morgan fingerprint density at radius 1 is 1.04 bits per heavy atom. The van der Waals surface area contributed by atoms with E-state index >= 15 is 0 Å². The summed E-state index contributed by atoms with van der Waals surface area (Å²) in [6, 6.07) is 16.4. The number of para-hydroxylation sites is 1. The highest BCUT2D eigenvalue weighted by atomic mass is 35.5. The number of benzene rings is 2. The number of anilines is 1. The Hall–Kier alpha value is -2.66. The molecule has 0 fully saturated rings. The predicted molar refractivity (Wildman–Crippen MR) is 88.1 cm³/mol. The third-order valence-corrected chi connectivity index (χ3v) is 3.43. The molecule has 3 aromatic rings. The van der Waals surface area contributed by atoms with E-state index in [2.05, 4.69) is 15.5 Å². The van der Waals surface area contributed by atoms with E-state index in [1.54, 1.807) is 12.1 Å². The van der Waals surface area contributed by atoms with Gasteiger partial charge in [-0.25, -0.2) is 0 Å². The van der Waals surface area contributed by atoms with Gasteiger partial charge >= 0.3 is 0 Å². The zero-order chi connectivity index (χ0) is 16.1. The Kier molecular flexibility index (Phi) is 4.68. The van der Waals surface area contributed by atoms with Crippen molar-refractivity contribution in [1.29, 1.82) is 0 Å². The normalized spacial score (nSPS) is 10.5. The largest absolute Gasteiger partial charge is 0.421 e. The summed E-state index contributed by atoms with van der Waals surface area (Å²) in [5, 5.41) is 11.4. The smallest absolute Gasteiger partial charge is 0.247 e. The number of hydrogen-bond acceptors (Lipinski definition) is 4. The number of carbonyl (C=O) groups excluding carboxylic acids is 1. The monoisotopic (exact) mass is 327 g/mol. The van der Waals surface area contributed by atoms with Gasteiger partial charge in [0.2, 0.25) is 17.7 Å². The fourth-order valence-corrected chi connectivity index (χ4v) is 2.16. The van der Waals surface area contributed by atoms with Gasteiger partial charge in [-0.2, -0.15) is 0 Å². The molecule has 1 N–H and O–H groups in total. The molecular formula is C17H14ClN3O2. The first-order chi connectivity index (χ1) is 11.2. The molecule has 0 atom stereocenters. The zero-order valence-electron chi connectivity index (χ0n) is 12.2. The topological polar surface area (TPSA) is 68.0 Å². The number of aromatic nitrogens is 2. The van der Waals surface area contributed by atoms with Gasteiger partial charge in [-0.05, 0) is 36.4 Å². The molecule has 0 bridgehead atoms. The van der Waals surface area contributed by atoms with E-state index in [1.165, 1.54) is 0 Å². The summed E-state index contributed by atoms with van der Waals surface area (Å²) in [6.45, 7) is 0. The fourth-order valence-electron chi connectivity index (χ4n) is 2.03. The van der Waals surface area contributed by atoms with E-state index in [0.29, 0.717) is 23.2 Å². The van der Waals surface area contributed by atoms with Crippen molar-refractivity contribution in [2.45, 2.75) is 12.8 Å². The maximum absolute atomic E-state index is 11.9. The van der Waals surface area contributed by atoms with Crippen molar-refractivity contribution in [3.05, 3.63) is 65.5 Å². The number of rotatable bonds is 5. The first-order valence-electron chi connectivity index (χ1n) is 7.14. The molecule has 116 valence electrons. The van der Waals surface area contributed by atoms with Crippen LogP contribution < -0.4 is 5.32 Å². The van der Waals surface area contributed by atoms with Crippen LogP contribution in [0.4, 0.5) is 5.69 Å². The van der Waals surface area contributed by atoms with Crippen molar-refractivity contribution in [3.8, 4) is 11.5 Å². The average Bonchev–Trinajstić information content (AvgIpc) is 3.04. The zero-order valence-corrected chi connectivity index (χ0v) is 13.0. The third kappa shape index (κ3) is 4.17. The molecule has 5 nitrogen and oxygen atoms in total. The first-order valence-corrected chi connectivity index (χ1v) is 7.52. The fraction of sp³-hybridized carbons (Fsp3) is 0.118. The molecular weight excluding hydrogens is 314 g/mol. The molecule has 0 aliphatic rings. The molecule has 0 unspecified atom stereocenters. The SMILES string of the molecule is O=C(CCc1nnc(-c2ccc(Cl)cc2)o1)Nc1ccccc1. The highest BCUT2D eigenvalue weighted by Gasteiger charge is 2.10. The summed E-state index contributed by atoms with van der Waals surface area (Å²) in [5.41, 5.74) is 1.56. The maximum Gasteiger partial charge on any atom is 0.247 e. The Morgan fingerprint density at radius 2 is 1.78 bits per heavy atom. The van der Waals surface area contributed by atoms with E-state index in [9.17, 15) is 4.79 Å². The Bertz CT molecular complexity index is 785. The van der Waals surface area contributed by atoms with Crippen molar-refractivity contribution < 1.29 is 9.21 Å². The summed E-state index contributed by atoms with van der Waals surface area (Å²) in [7, 11) is 0. The molecule has 23 heavy (non-hydrogen) atoms. The van der Waals surface area contributed by atoms with Crippen LogP contribution in [0.1, 0.15) is 12.3 Å². The molecule has 6 heteroatoms. The third-order valence-electron chi connectivity index (χ3n) is 3.18. The van der Waals surface area contributed by atoms with Gasteiger partial charge < -0.3 is 9.73 Å². The number of hydrogen-bond donors (Lipinski definition) is 1. The summed E-state index contributed by atoms with van der Waals surface area (Å²) >= 11 is 5.84.